The Morgan fingerprint density at radius 3 is 1.68 bits per heavy atom. The molecule has 2 aliphatic heterocycles. The molecule has 2 aliphatic rings. The van der Waals surface area contributed by atoms with Gasteiger partial charge in [-0.1, -0.05) is 72.8 Å². The number of methoxy groups -OCH3 is 2. The third-order valence-corrected chi connectivity index (χ3v) is 14.1. The van der Waals surface area contributed by atoms with E-state index >= 15 is 0 Å². The van der Waals surface area contributed by atoms with Crippen molar-refractivity contribution in [1.29, 1.82) is 0 Å². The standard InChI is InChI=1S/C30H38BN2O2P2/c1-34-23-25-13-11-21-32(25)37(31,33-22-12-14-26(33)24-35-2)30-20-10-9-19-29(30)36(27-15-5-3-6-16-27)28-17-7-4-8-18-28/h3-10,15-20,25-26H,11-14,21-24H2,1-2H3/q+1/t25-,26-/m0/s1. The van der Waals surface area contributed by atoms with Crippen LogP contribution in [0, 0.1) is 0 Å². The summed E-state index contributed by atoms with van der Waals surface area (Å²) in [5.74, 6) is 0. The van der Waals surface area contributed by atoms with Crippen LogP contribution in [0.15, 0.2) is 84.9 Å². The quantitative estimate of drug-likeness (QED) is 0.289. The summed E-state index contributed by atoms with van der Waals surface area (Å²) in [7, 11) is 8.39. The van der Waals surface area contributed by atoms with Crippen LogP contribution in [-0.2, 0) is 9.47 Å². The molecule has 5 rings (SSSR count). The van der Waals surface area contributed by atoms with Gasteiger partial charge in [-0.15, -0.1) is 0 Å². The van der Waals surface area contributed by atoms with E-state index in [0.717, 1.165) is 52.0 Å². The van der Waals surface area contributed by atoms with Gasteiger partial charge in [0.05, 0.1) is 25.3 Å². The Balaban J connectivity index is 1.70. The average Bonchev–Trinajstić information content (AvgIpc) is 3.61. The molecular weight excluding hydrogens is 493 g/mol. The van der Waals surface area contributed by atoms with Crippen molar-refractivity contribution in [2.45, 2.75) is 37.8 Å². The highest BCUT2D eigenvalue weighted by Gasteiger charge is 2.56. The van der Waals surface area contributed by atoms with Crippen LogP contribution in [0.1, 0.15) is 25.7 Å². The third kappa shape index (κ3) is 5.46. The van der Waals surface area contributed by atoms with Gasteiger partial charge >= 0.3 is 7.57 Å². The summed E-state index contributed by atoms with van der Waals surface area (Å²) in [5, 5.41) is 5.40. The van der Waals surface area contributed by atoms with E-state index in [4.69, 9.17) is 17.0 Å². The second kappa shape index (κ2) is 12.5. The molecule has 3 aromatic rings. The zero-order chi connectivity index (χ0) is 25.7. The van der Waals surface area contributed by atoms with Crippen LogP contribution in [0.2, 0.25) is 0 Å². The highest BCUT2D eigenvalue weighted by atomic mass is 31.2. The highest BCUT2D eigenvalue weighted by Crippen LogP contribution is 2.65. The summed E-state index contributed by atoms with van der Waals surface area (Å²) in [6, 6.07) is 31.7. The number of hydrogen-bond acceptors (Lipinski definition) is 4. The van der Waals surface area contributed by atoms with Gasteiger partial charge in [0.2, 0.25) is 0 Å². The van der Waals surface area contributed by atoms with Gasteiger partial charge in [0.1, 0.15) is 12.7 Å². The predicted molar refractivity (Wildman–Crippen MR) is 161 cm³/mol. The Hall–Kier alpha value is -1.58. The van der Waals surface area contributed by atoms with Crippen LogP contribution in [-0.4, -0.2) is 69.5 Å². The third-order valence-electron chi connectivity index (χ3n) is 7.70. The summed E-state index contributed by atoms with van der Waals surface area (Å²) in [4.78, 5) is 0. The van der Waals surface area contributed by atoms with Crippen molar-refractivity contribution in [3.63, 3.8) is 0 Å². The molecular formula is C30H38BN2O2P2+. The van der Waals surface area contributed by atoms with Crippen LogP contribution in [0.5, 0.6) is 0 Å². The molecule has 37 heavy (non-hydrogen) atoms. The van der Waals surface area contributed by atoms with Gasteiger partial charge in [0, 0.05) is 32.6 Å². The largest absolute Gasteiger partial charge is 0.416 e. The topological polar surface area (TPSA) is 24.9 Å². The van der Waals surface area contributed by atoms with Crippen LogP contribution in [0.25, 0.3) is 0 Å². The van der Waals surface area contributed by atoms with Gasteiger partial charge in [0.15, 0.2) is 0 Å². The molecule has 192 valence electrons. The van der Waals surface area contributed by atoms with E-state index in [-0.39, 0.29) is 0 Å². The minimum Gasteiger partial charge on any atom is -0.383 e. The first-order valence-electron chi connectivity index (χ1n) is 13.4. The lowest BCUT2D eigenvalue weighted by Crippen LogP contribution is -2.50. The van der Waals surface area contributed by atoms with Crippen LogP contribution in [0.3, 0.4) is 0 Å². The van der Waals surface area contributed by atoms with Gasteiger partial charge in [0.25, 0.3) is 0 Å². The monoisotopic (exact) mass is 531 g/mol. The minimum absolute atomic E-state index is 0.333. The van der Waals surface area contributed by atoms with Crippen LogP contribution >= 0.6 is 15.4 Å². The number of rotatable bonds is 10. The lowest BCUT2D eigenvalue weighted by molar-refractivity contribution is 0.137. The summed E-state index contributed by atoms with van der Waals surface area (Å²) < 4.78 is 16.7. The van der Waals surface area contributed by atoms with Crippen LogP contribution < -0.4 is 21.2 Å². The predicted octanol–water partition coefficient (Wildman–Crippen LogP) is 4.22. The molecule has 2 atom stereocenters. The van der Waals surface area contributed by atoms with E-state index in [0.29, 0.717) is 12.1 Å². The van der Waals surface area contributed by atoms with E-state index in [1.54, 1.807) is 0 Å². The van der Waals surface area contributed by atoms with E-state index in [1.807, 2.05) is 14.2 Å². The molecule has 7 heteroatoms. The van der Waals surface area contributed by atoms with Gasteiger partial charge in [-0.25, -0.2) is 0 Å². The maximum atomic E-state index is 7.93. The van der Waals surface area contributed by atoms with Gasteiger partial charge in [-0.2, -0.15) is 9.34 Å². The first-order valence-corrected chi connectivity index (χ1v) is 16.5. The van der Waals surface area contributed by atoms with Gasteiger partial charge in [-0.05, 0) is 56.3 Å². The van der Waals surface area contributed by atoms with E-state index < -0.39 is 15.4 Å². The minimum atomic E-state index is -2.40. The van der Waals surface area contributed by atoms with Gasteiger partial charge < -0.3 is 9.47 Å². The molecule has 0 amide bonds. The van der Waals surface area contributed by atoms with Crippen molar-refractivity contribution < 1.29 is 9.47 Å². The van der Waals surface area contributed by atoms with E-state index in [2.05, 4.69) is 94.3 Å². The molecule has 0 bridgehead atoms. The lowest BCUT2D eigenvalue weighted by atomic mass is 10.2. The maximum absolute atomic E-state index is 7.93. The van der Waals surface area contributed by atoms with Crippen LogP contribution in [0.4, 0.5) is 0 Å². The van der Waals surface area contributed by atoms with E-state index in [9.17, 15) is 0 Å². The van der Waals surface area contributed by atoms with E-state index in [1.165, 1.54) is 21.2 Å². The van der Waals surface area contributed by atoms with Crippen molar-refractivity contribution >= 4 is 44.1 Å². The first kappa shape index (κ1) is 27.0. The Morgan fingerprint density at radius 1 is 0.730 bits per heavy atom. The molecule has 0 unspecified atom stereocenters. The van der Waals surface area contributed by atoms with Crippen molar-refractivity contribution in [1.82, 2.24) is 9.34 Å². The second-order valence-corrected chi connectivity index (χ2v) is 15.0. The zero-order valence-corrected chi connectivity index (χ0v) is 23.9. The molecule has 0 saturated carbocycles. The summed E-state index contributed by atoms with van der Waals surface area (Å²) in [6.45, 7) is 3.46. The average molecular weight is 531 g/mol. The number of nitrogens with zero attached hydrogens (tertiary/aromatic N) is 2. The summed E-state index contributed by atoms with van der Waals surface area (Å²) in [6.07, 6.45) is 4.57. The second-order valence-electron chi connectivity index (χ2n) is 9.97. The molecule has 2 fully saturated rings. The van der Waals surface area contributed by atoms with Gasteiger partial charge in [-0.3, -0.25) is 0 Å². The Bertz CT molecular complexity index is 1070. The molecule has 0 aromatic heterocycles. The molecule has 2 radical (unpaired) electrons. The summed E-state index contributed by atoms with van der Waals surface area (Å²) in [5.41, 5.74) is 0. The zero-order valence-electron chi connectivity index (χ0n) is 22.1. The maximum Gasteiger partial charge on any atom is 0.416 e. The fourth-order valence-corrected chi connectivity index (χ4v) is 13.0. The SMILES string of the molecule is [B][P+](c1ccccc1P(c1ccccc1)c1ccccc1)(N1CCC[C@H]1COC)N1CCC[C@H]1COC. The smallest absolute Gasteiger partial charge is 0.383 e. The molecule has 0 aliphatic carbocycles. The fraction of sp³-hybridized carbons (Fsp3) is 0.400. The molecule has 0 spiro atoms. The molecule has 3 aromatic carbocycles. The Kier molecular flexibility index (Phi) is 9.14. The normalized spacial score (nSPS) is 21.2. The Labute approximate surface area is 225 Å². The van der Waals surface area contributed by atoms with Crippen molar-refractivity contribution in [2.24, 2.45) is 0 Å². The molecule has 2 heterocycles. The summed E-state index contributed by atoms with van der Waals surface area (Å²) >= 11 is 0. The number of benzene rings is 3. The first-order chi connectivity index (χ1) is 18.2. The molecule has 0 N–H and O–H groups in total. The van der Waals surface area contributed by atoms with Crippen molar-refractivity contribution in [3.05, 3.63) is 84.9 Å². The number of ether oxygens (including phenoxy) is 2. The van der Waals surface area contributed by atoms with Crippen molar-refractivity contribution in [2.75, 3.05) is 40.5 Å². The van der Waals surface area contributed by atoms with Crippen molar-refractivity contribution in [3.8, 4) is 0 Å². The Morgan fingerprint density at radius 2 is 1.19 bits per heavy atom. The highest BCUT2D eigenvalue weighted by molar-refractivity contribution is 8.00. The lowest BCUT2D eigenvalue weighted by Gasteiger charge is -2.44. The fourth-order valence-electron chi connectivity index (χ4n) is 6.10. The molecule has 4 nitrogen and oxygen atoms in total. The number of hydrogen-bond donors (Lipinski definition) is 0. The molecule has 2 saturated heterocycles.